The molecule has 3 rings (SSSR count). The first kappa shape index (κ1) is 17.0. The van der Waals surface area contributed by atoms with Crippen LogP contribution in [0.4, 0.5) is 0 Å². The highest BCUT2D eigenvalue weighted by molar-refractivity contribution is 7.94. The summed E-state index contributed by atoms with van der Waals surface area (Å²) in [6.45, 7) is 3.35. The first-order chi connectivity index (χ1) is 11.4. The van der Waals surface area contributed by atoms with Gasteiger partial charge in [0.2, 0.25) is 0 Å². The molecule has 7 heteroatoms. The van der Waals surface area contributed by atoms with Crippen molar-refractivity contribution in [1.82, 2.24) is 10.6 Å². The van der Waals surface area contributed by atoms with E-state index in [1.54, 1.807) is 0 Å². The summed E-state index contributed by atoms with van der Waals surface area (Å²) in [5.74, 6) is 0.306. The summed E-state index contributed by atoms with van der Waals surface area (Å²) in [5.41, 5.74) is 0.146. The van der Waals surface area contributed by atoms with Gasteiger partial charge in [-0.05, 0) is 38.2 Å². The van der Waals surface area contributed by atoms with Crippen molar-refractivity contribution in [3.63, 3.8) is 0 Å². The van der Waals surface area contributed by atoms with E-state index in [9.17, 15) is 13.2 Å². The van der Waals surface area contributed by atoms with E-state index in [0.717, 1.165) is 11.0 Å². The van der Waals surface area contributed by atoms with Gasteiger partial charge < -0.3 is 15.4 Å². The molecule has 6 nitrogen and oxygen atoms in total. The van der Waals surface area contributed by atoms with E-state index in [2.05, 4.69) is 10.6 Å². The molecule has 1 atom stereocenters. The summed E-state index contributed by atoms with van der Waals surface area (Å²) < 4.78 is 29.1. The molecule has 1 aromatic carbocycles. The molecule has 0 unspecified atom stereocenters. The number of ether oxygens (including phenoxy) is 1. The highest BCUT2D eigenvalue weighted by atomic mass is 32.2. The molecule has 1 fully saturated rings. The molecule has 2 aliphatic rings. The number of hydrogen-bond acceptors (Lipinski definition) is 5. The molecular weight excluding hydrogens is 328 g/mol. The van der Waals surface area contributed by atoms with Crippen molar-refractivity contribution in [2.45, 2.75) is 31.4 Å². The lowest BCUT2D eigenvalue weighted by Gasteiger charge is -2.37. The molecule has 1 saturated heterocycles. The Balaban J connectivity index is 1.76. The molecule has 0 radical (unpaired) electrons. The maximum Gasteiger partial charge on any atom is 0.264 e. The summed E-state index contributed by atoms with van der Waals surface area (Å²) >= 11 is 0. The van der Waals surface area contributed by atoms with Crippen LogP contribution >= 0.6 is 0 Å². The van der Waals surface area contributed by atoms with Crippen LogP contribution in [0.25, 0.3) is 0 Å². The fraction of sp³-hybridized carbons (Fsp3) is 0.471. The van der Waals surface area contributed by atoms with Gasteiger partial charge in [0, 0.05) is 18.2 Å². The number of nitrogens with one attached hydrogen (secondary N) is 2. The molecule has 0 aliphatic carbocycles. The quantitative estimate of drug-likeness (QED) is 0.844. The lowest BCUT2D eigenvalue weighted by molar-refractivity contribution is -0.139. The van der Waals surface area contributed by atoms with Crippen LogP contribution < -0.4 is 15.4 Å². The third-order valence-corrected chi connectivity index (χ3v) is 5.80. The van der Waals surface area contributed by atoms with Crippen molar-refractivity contribution in [1.29, 1.82) is 0 Å². The normalized spacial score (nSPS) is 24.5. The highest BCUT2D eigenvalue weighted by Crippen LogP contribution is 2.27. The minimum Gasteiger partial charge on any atom is -0.477 e. The number of piperidine rings is 1. The summed E-state index contributed by atoms with van der Waals surface area (Å²) in [7, 11) is -3.20. The van der Waals surface area contributed by atoms with Crippen molar-refractivity contribution in [3.8, 4) is 5.75 Å². The van der Waals surface area contributed by atoms with E-state index in [4.69, 9.17) is 4.74 Å². The lowest BCUT2D eigenvalue weighted by Crippen LogP contribution is -2.58. The van der Waals surface area contributed by atoms with E-state index >= 15 is 0 Å². The number of hydrogen-bond donors (Lipinski definition) is 2. The second-order valence-electron chi connectivity index (χ2n) is 6.40. The third-order valence-electron chi connectivity index (χ3n) is 4.41. The van der Waals surface area contributed by atoms with Crippen LogP contribution in [0.2, 0.25) is 0 Å². The minimum absolute atomic E-state index is 0.0857. The number of sulfone groups is 1. The van der Waals surface area contributed by atoms with Gasteiger partial charge >= 0.3 is 0 Å². The van der Waals surface area contributed by atoms with Gasteiger partial charge in [-0.1, -0.05) is 17.7 Å². The van der Waals surface area contributed by atoms with Crippen LogP contribution in [0.15, 0.2) is 35.7 Å². The van der Waals surface area contributed by atoms with Crippen molar-refractivity contribution >= 4 is 15.7 Å². The van der Waals surface area contributed by atoms with E-state index < -0.39 is 21.5 Å². The van der Waals surface area contributed by atoms with Crippen molar-refractivity contribution in [2.24, 2.45) is 0 Å². The lowest BCUT2D eigenvalue weighted by atomic mass is 9.90. The van der Waals surface area contributed by atoms with Gasteiger partial charge in [-0.2, -0.15) is 0 Å². The maximum atomic E-state index is 12.9. The van der Waals surface area contributed by atoms with Crippen molar-refractivity contribution in [3.05, 3.63) is 41.3 Å². The second-order valence-corrected chi connectivity index (χ2v) is 8.33. The average molecular weight is 350 g/mol. The second kappa shape index (κ2) is 6.57. The molecule has 2 N–H and O–H groups in total. The Morgan fingerprint density at radius 1 is 1.25 bits per heavy atom. The van der Waals surface area contributed by atoms with Crippen molar-refractivity contribution in [2.75, 3.05) is 18.8 Å². The van der Waals surface area contributed by atoms with E-state index in [1.165, 1.54) is 6.08 Å². The molecule has 0 aromatic heterocycles. The van der Waals surface area contributed by atoms with Gasteiger partial charge in [0.1, 0.15) is 5.75 Å². The third kappa shape index (κ3) is 3.79. The molecule has 0 spiro atoms. The van der Waals surface area contributed by atoms with Gasteiger partial charge in [-0.15, -0.1) is 0 Å². The monoisotopic (exact) mass is 350 g/mol. The highest BCUT2D eigenvalue weighted by Gasteiger charge is 2.43. The Kier molecular flexibility index (Phi) is 4.64. The van der Waals surface area contributed by atoms with Crippen LogP contribution in [0.3, 0.4) is 0 Å². The van der Waals surface area contributed by atoms with Crippen LogP contribution in [-0.2, 0) is 14.6 Å². The Bertz CT molecular complexity index is 734. The molecule has 1 amide bonds. The molecule has 1 aromatic rings. The van der Waals surface area contributed by atoms with Gasteiger partial charge in [-0.3, -0.25) is 4.79 Å². The zero-order valence-corrected chi connectivity index (χ0v) is 14.4. The molecule has 0 bridgehead atoms. The Hall–Kier alpha value is -1.86. The fourth-order valence-electron chi connectivity index (χ4n) is 3.00. The summed E-state index contributed by atoms with van der Waals surface area (Å²) in [6.07, 6.45) is 2.60. The molecule has 24 heavy (non-hydrogen) atoms. The number of rotatable bonds is 4. The van der Waals surface area contributed by atoms with Gasteiger partial charge in [0.05, 0.1) is 11.8 Å². The Morgan fingerprint density at radius 3 is 2.50 bits per heavy atom. The molecule has 0 saturated carbocycles. The van der Waals surface area contributed by atoms with E-state index in [1.807, 2.05) is 31.2 Å². The van der Waals surface area contributed by atoms with Crippen LogP contribution in [0, 0.1) is 6.92 Å². The number of carbonyl (C=O) groups excluding carboxylic acids is 1. The van der Waals surface area contributed by atoms with Gasteiger partial charge in [-0.25, -0.2) is 8.42 Å². The number of carbonyl (C=O) groups is 1. The van der Waals surface area contributed by atoms with Crippen LogP contribution in [0.5, 0.6) is 5.75 Å². The number of benzene rings is 1. The molecule has 2 heterocycles. The standard InChI is InChI=1S/C17H22N2O4S/c1-13-2-4-15(5-3-13)23-17(7-9-18-10-8-17)16(20)19-14-6-11-24(21,22)12-14/h2-6,11,14,18H,7-10,12H2,1H3,(H,19,20)/t14-/m0/s1. The van der Waals surface area contributed by atoms with Crippen LogP contribution in [-0.4, -0.2) is 44.8 Å². The molecular formula is C17H22N2O4S. The predicted molar refractivity (Wildman–Crippen MR) is 91.5 cm³/mol. The largest absolute Gasteiger partial charge is 0.477 e. The Morgan fingerprint density at radius 2 is 1.92 bits per heavy atom. The topological polar surface area (TPSA) is 84.5 Å². The van der Waals surface area contributed by atoms with Crippen LogP contribution in [0.1, 0.15) is 18.4 Å². The van der Waals surface area contributed by atoms with E-state index in [0.29, 0.717) is 31.7 Å². The number of amides is 1. The minimum atomic E-state index is -3.20. The fourth-order valence-corrected chi connectivity index (χ4v) is 4.24. The van der Waals surface area contributed by atoms with Crippen molar-refractivity contribution < 1.29 is 17.9 Å². The average Bonchev–Trinajstić information content (AvgIpc) is 2.89. The zero-order valence-electron chi connectivity index (χ0n) is 13.6. The smallest absolute Gasteiger partial charge is 0.264 e. The molecule has 130 valence electrons. The first-order valence-corrected chi connectivity index (χ1v) is 9.78. The van der Waals surface area contributed by atoms with Gasteiger partial charge in [0.25, 0.3) is 5.91 Å². The maximum absolute atomic E-state index is 12.9. The summed E-state index contributed by atoms with van der Waals surface area (Å²) in [5, 5.41) is 7.21. The van der Waals surface area contributed by atoms with Gasteiger partial charge in [0.15, 0.2) is 15.4 Å². The first-order valence-electron chi connectivity index (χ1n) is 8.07. The predicted octanol–water partition coefficient (Wildman–Crippen LogP) is 0.923. The summed E-state index contributed by atoms with van der Waals surface area (Å²) in [4.78, 5) is 12.9. The molecule has 2 aliphatic heterocycles. The number of aryl methyl sites for hydroxylation is 1. The van der Waals surface area contributed by atoms with E-state index in [-0.39, 0.29) is 11.7 Å². The summed E-state index contributed by atoms with van der Waals surface area (Å²) in [6, 6.07) is 7.09. The zero-order chi connectivity index (χ0) is 17.2. The Labute approximate surface area is 142 Å². The SMILES string of the molecule is Cc1ccc(OC2(C(=O)N[C@H]3C=CS(=O)(=O)C3)CCNCC2)cc1.